The van der Waals surface area contributed by atoms with Gasteiger partial charge in [0, 0.05) is 12.0 Å². The summed E-state index contributed by atoms with van der Waals surface area (Å²) >= 11 is 0. The average molecular weight is 227 g/mol. The molecule has 0 radical (unpaired) electrons. The molecule has 1 aromatic carbocycles. The number of fused-ring (bicyclic) bond motifs is 1. The van der Waals surface area contributed by atoms with Crippen molar-refractivity contribution in [3.05, 3.63) is 29.8 Å². The lowest BCUT2D eigenvalue weighted by Crippen LogP contribution is -2.42. The van der Waals surface area contributed by atoms with Gasteiger partial charge in [0.1, 0.15) is 11.4 Å². The SMILES string of the molecule is N#CC1CC2(CCCCC2)Oc2ccccc21. The summed E-state index contributed by atoms with van der Waals surface area (Å²) < 4.78 is 6.24. The number of nitriles is 1. The summed E-state index contributed by atoms with van der Waals surface area (Å²) in [6.45, 7) is 0. The molecule has 1 fully saturated rings. The second-order valence-corrected chi connectivity index (χ2v) is 5.27. The van der Waals surface area contributed by atoms with E-state index in [4.69, 9.17) is 4.74 Å². The van der Waals surface area contributed by atoms with Crippen LogP contribution >= 0.6 is 0 Å². The van der Waals surface area contributed by atoms with E-state index in [1.165, 1.54) is 19.3 Å². The Labute approximate surface area is 102 Å². The van der Waals surface area contributed by atoms with Crippen molar-refractivity contribution in [2.24, 2.45) is 0 Å². The van der Waals surface area contributed by atoms with Crippen LogP contribution in [0.4, 0.5) is 0 Å². The number of hydrogen-bond acceptors (Lipinski definition) is 2. The minimum absolute atomic E-state index is 0.0121. The normalized spacial score (nSPS) is 25.7. The molecule has 2 aliphatic rings. The molecule has 0 aromatic heterocycles. The molecule has 3 rings (SSSR count). The molecule has 1 atom stereocenters. The van der Waals surface area contributed by atoms with Crippen LogP contribution in [0, 0.1) is 11.3 Å². The van der Waals surface area contributed by atoms with Gasteiger partial charge < -0.3 is 4.74 Å². The van der Waals surface area contributed by atoms with Gasteiger partial charge >= 0.3 is 0 Å². The number of rotatable bonds is 0. The highest BCUT2D eigenvalue weighted by atomic mass is 16.5. The third-order valence-electron chi connectivity index (χ3n) is 4.12. The van der Waals surface area contributed by atoms with Crippen LogP contribution in [0.5, 0.6) is 5.75 Å². The molecule has 1 spiro atoms. The highest BCUT2D eigenvalue weighted by Gasteiger charge is 2.41. The Balaban J connectivity index is 1.97. The zero-order valence-electron chi connectivity index (χ0n) is 9.98. The molecular weight excluding hydrogens is 210 g/mol. The van der Waals surface area contributed by atoms with Crippen LogP contribution in [0.3, 0.4) is 0 Å². The van der Waals surface area contributed by atoms with E-state index in [1.807, 2.05) is 24.3 Å². The Morgan fingerprint density at radius 3 is 2.71 bits per heavy atom. The van der Waals surface area contributed by atoms with Gasteiger partial charge in [0.15, 0.2) is 0 Å². The minimum atomic E-state index is -0.0486. The molecular formula is C15H17NO. The monoisotopic (exact) mass is 227 g/mol. The van der Waals surface area contributed by atoms with E-state index in [-0.39, 0.29) is 11.5 Å². The molecule has 1 aliphatic carbocycles. The molecule has 1 aromatic rings. The summed E-state index contributed by atoms with van der Waals surface area (Å²) in [4.78, 5) is 0. The summed E-state index contributed by atoms with van der Waals surface area (Å²) in [5, 5.41) is 9.35. The molecule has 1 unspecified atom stereocenters. The zero-order chi connectivity index (χ0) is 11.7. The molecule has 0 N–H and O–H groups in total. The van der Waals surface area contributed by atoms with E-state index in [0.717, 1.165) is 30.6 Å². The Morgan fingerprint density at radius 1 is 1.18 bits per heavy atom. The molecule has 2 heteroatoms. The first-order valence-corrected chi connectivity index (χ1v) is 6.51. The van der Waals surface area contributed by atoms with Crippen molar-refractivity contribution >= 4 is 0 Å². The van der Waals surface area contributed by atoms with Gasteiger partial charge in [-0.3, -0.25) is 0 Å². The number of ether oxygens (including phenoxy) is 1. The summed E-state index contributed by atoms with van der Waals surface area (Å²) in [7, 11) is 0. The van der Waals surface area contributed by atoms with E-state index in [0.29, 0.717) is 0 Å². The smallest absolute Gasteiger partial charge is 0.124 e. The molecule has 17 heavy (non-hydrogen) atoms. The highest BCUT2D eigenvalue weighted by molar-refractivity contribution is 5.42. The standard InChI is InChI=1S/C15H17NO/c16-11-12-10-15(8-4-1-5-9-15)17-14-7-3-2-6-13(12)14/h2-3,6-7,12H,1,4-5,8-10H2. The first-order chi connectivity index (χ1) is 8.33. The van der Waals surface area contributed by atoms with Crippen LogP contribution in [0.15, 0.2) is 24.3 Å². The number of nitrogens with zero attached hydrogens (tertiary/aromatic N) is 1. The maximum Gasteiger partial charge on any atom is 0.124 e. The maximum atomic E-state index is 9.35. The molecule has 0 amide bonds. The number of benzene rings is 1. The fraction of sp³-hybridized carbons (Fsp3) is 0.533. The van der Waals surface area contributed by atoms with Crippen LogP contribution in [0.2, 0.25) is 0 Å². The second kappa shape index (κ2) is 4.07. The first-order valence-electron chi connectivity index (χ1n) is 6.51. The Bertz CT molecular complexity index is 454. The van der Waals surface area contributed by atoms with Crippen LogP contribution in [-0.4, -0.2) is 5.60 Å². The largest absolute Gasteiger partial charge is 0.487 e. The summed E-state index contributed by atoms with van der Waals surface area (Å²) in [6, 6.07) is 10.5. The van der Waals surface area contributed by atoms with Gasteiger partial charge in [-0.05, 0) is 31.7 Å². The highest BCUT2D eigenvalue weighted by Crippen LogP contribution is 2.46. The quantitative estimate of drug-likeness (QED) is 0.675. The van der Waals surface area contributed by atoms with Crippen molar-refractivity contribution in [2.75, 3.05) is 0 Å². The average Bonchev–Trinajstić information content (AvgIpc) is 2.38. The lowest BCUT2D eigenvalue weighted by Gasteiger charge is -2.43. The van der Waals surface area contributed by atoms with Crippen LogP contribution in [-0.2, 0) is 0 Å². The fourth-order valence-corrected chi connectivity index (χ4v) is 3.24. The summed E-state index contributed by atoms with van der Waals surface area (Å²) in [5.74, 6) is 0.949. The number of hydrogen-bond donors (Lipinski definition) is 0. The maximum absolute atomic E-state index is 9.35. The predicted octanol–water partition coefficient (Wildman–Crippen LogP) is 3.78. The van der Waals surface area contributed by atoms with Crippen LogP contribution in [0.25, 0.3) is 0 Å². The van der Waals surface area contributed by atoms with Gasteiger partial charge in [-0.1, -0.05) is 24.6 Å². The van der Waals surface area contributed by atoms with Gasteiger partial charge in [0.05, 0.1) is 12.0 Å². The lowest BCUT2D eigenvalue weighted by molar-refractivity contribution is 0.00673. The van der Waals surface area contributed by atoms with E-state index in [9.17, 15) is 5.26 Å². The predicted molar refractivity (Wildman–Crippen MR) is 65.9 cm³/mol. The zero-order valence-corrected chi connectivity index (χ0v) is 9.98. The van der Waals surface area contributed by atoms with Gasteiger partial charge in [-0.15, -0.1) is 0 Å². The molecule has 2 nitrogen and oxygen atoms in total. The van der Waals surface area contributed by atoms with Crippen molar-refractivity contribution in [1.29, 1.82) is 5.26 Å². The minimum Gasteiger partial charge on any atom is -0.487 e. The van der Waals surface area contributed by atoms with Gasteiger partial charge in [-0.2, -0.15) is 5.26 Å². The van der Waals surface area contributed by atoms with Crippen molar-refractivity contribution in [3.63, 3.8) is 0 Å². The Morgan fingerprint density at radius 2 is 1.94 bits per heavy atom. The molecule has 88 valence electrons. The van der Waals surface area contributed by atoms with Crippen molar-refractivity contribution in [1.82, 2.24) is 0 Å². The van der Waals surface area contributed by atoms with Crippen LogP contribution in [0.1, 0.15) is 50.0 Å². The van der Waals surface area contributed by atoms with E-state index >= 15 is 0 Å². The van der Waals surface area contributed by atoms with E-state index < -0.39 is 0 Å². The third kappa shape index (κ3) is 1.80. The van der Waals surface area contributed by atoms with Crippen molar-refractivity contribution in [3.8, 4) is 11.8 Å². The van der Waals surface area contributed by atoms with Crippen LogP contribution < -0.4 is 4.74 Å². The first kappa shape index (κ1) is 10.7. The Kier molecular flexibility index (Phi) is 2.55. The van der Waals surface area contributed by atoms with E-state index in [2.05, 4.69) is 6.07 Å². The third-order valence-corrected chi connectivity index (χ3v) is 4.12. The van der Waals surface area contributed by atoms with Crippen molar-refractivity contribution in [2.45, 2.75) is 50.0 Å². The second-order valence-electron chi connectivity index (χ2n) is 5.27. The van der Waals surface area contributed by atoms with Gasteiger partial charge in [-0.25, -0.2) is 0 Å². The molecule has 1 heterocycles. The molecule has 0 saturated heterocycles. The van der Waals surface area contributed by atoms with Crippen molar-refractivity contribution < 1.29 is 4.74 Å². The summed E-state index contributed by atoms with van der Waals surface area (Å²) in [6.07, 6.45) is 6.88. The molecule has 1 aliphatic heterocycles. The molecule has 0 bridgehead atoms. The topological polar surface area (TPSA) is 33.0 Å². The number of para-hydroxylation sites is 1. The molecule has 1 saturated carbocycles. The van der Waals surface area contributed by atoms with Gasteiger partial charge in [0.2, 0.25) is 0 Å². The van der Waals surface area contributed by atoms with E-state index in [1.54, 1.807) is 0 Å². The van der Waals surface area contributed by atoms with Gasteiger partial charge in [0.25, 0.3) is 0 Å². The summed E-state index contributed by atoms with van der Waals surface area (Å²) in [5.41, 5.74) is 1.03. The Hall–Kier alpha value is -1.49. The lowest BCUT2D eigenvalue weighted by atomic mass is 9.75. The fourth-order valence-electron chi connectivity index (χ4n) is 3.24.